The Morgan fingerprint density at radius 2 is 1.82 bits per heavy atom. The van der Waals surface area contributed by atoms with Crippen molar-refractivity contribution in [2.45, 2.75) is 25.6 Å². The Morgan fingerprint density at radius 1 is 1.27 bits per heavy atom. The molecule has 0 amide bonds. The van der Waals surface area contributed by atoms with Crippen LogP contribution in [0.2, 0.25) is 0 Å². The van der Waals surface area contributed by atoms with Gasteiger partial charge in [0.2, 0.25) is 0 Å². The number of alkyl halides is 1. The summed E-state index contributed by atoms with van der Waals surface area (Å²) in [6.07, 6.45) is 0.991. The van der Waals surface area contributed by atoms with Gasteiger partial charge in [0.1, 0.15) is 0 Å². The molecule has 0 nitrogen and oxygen atoms in total. The first-order valence-electron chi connectivity index (χ1n) is 3.94. The first kappa shape index (κ1) is 8.61. The standard InChI is InChI=1S/C10H13Cl/c1-3-10(11)9-6-4-8(2)5-7-9/h4-7,10H,3H2,1-2H3/t10-/m1/s1. The molecule has 1 rings (SSSR count). The Hall–Kier alpha value is -0.490. The molecule has 0 saturated heterocycles. The summed E-state index contributed by atoms with van der Waals surface area (Å²) in [5, 5.41) is 0.176. The summed E-state index contributed by atoms with van der Waals surface area (Å²) in [5.74, 6) is 0. The molecule has 0 bridgehead atoms. The molecule has 0 N–H and O–H groups in total. The molecule has 60 valence electrons. The first-order chi connectivity index (χ1) is 5.24. The van der Waals surface area contributed by atoms with Gasteiger partial charge in [-0.25, -0.2) is 0 Å². The van der Waals surface area contributed by atoms with Gasteiger partial charge in [0.25, 0.3) is 0 Å². The predicted octanol–water partition coefficient (Wildman–Crippen LogP) is 3.68. The average molecular weight is 169 g/mol. The third-order valence-corrected chi connectivity index (χ3v) is 2.36. The van der Waals surface area contributed by atoms with Crippen molar-refractivity contribution in [2.24, 2.45) is 0 Å². The van der Waals surface area contributed by atoms with Gasteiger partial charge >= 0.3 is 0 Å². The minimum Gasteiger partial charge on any atom is -0.118 e. The van der Waals surface area contributed by atoms with E-state index in [2.05, 4.69) is 38.1 Å². The number of hydrogen-bond acceptors (Lipinski definition) is 0. The van der Waals surface area contributed by atoms with E-state index in [9.17, 15) is 0 Å². The lowest BCUT2D eigenvalue weighted by Crippen LogP contribution is -1.86. The van der Waals surface area contributed by atoms with E-state index >= 15 is 0 Å². The molecule has 0 spiro atoms. The van der Waals surface area contributed by atoms with Crippen LogP contribution in [0.1, 0.15) is 29.8 Å². The lowest BCUT2D eigenvalue weighted by molar-refractivity contribution is 0.883. The predicted molar refractivity (Wildman–Crippen MR) is 50.1 cm³/mol. The van der Waals surface area contributed by atoms with Crippen LogP contribution in [0.5, 0.6) is 0 Å². The fraction of sp³-hybridized carbons (Fsp3) is 0.400. The van der Waals surface area contributed by atoms with Crippen molar-refractivity contribution in [3.05, 3.63) is 35.4 Å². The van der Waals surface area contributed by atoms with Crippen LogP contribution in [-0.4, -0.2) is 0 Å². The van der Waals surface area contributed by atoms with Gasteiger partial charge in [-0.3, -0.25) is 0 Å². The van der Waals surface area contributed by atoms with Crippen LogP contribution in [0.3, 0.4) is 0 Å². The van der Waals surface area contributed by atoms with Gasteiger partial charge in [0, 0.05) is 0 Å². The summed E-state index contributed by atoms with van der Waals surface area (Å²) in [7, 11) is 0. The van der Waals surface area contributed by atoms with Crippen molar-refractivity contribution in [3.8, 4) is 0 Å². The van der Waals surface area contributed by atoms with Gasteiger partial charge in [0.15, 0.2) is 0 Å². The zero-order chi connectivity index (χ0) is 8.27. The fourth-order valence-electron chi connectivity index (χ4n) is 1.01. The zero-order valence-electron chi connectivity index (χ0n) is 6.97. The van der Waals surface area contributed by atoms with Crippen LogP contribution in [-0.2, 0) is 0 Å². The Kier molecular flexibility index (Phi) is 2.95. The largest absolute Gasteiger partial charge is 0.118 e. The van der Waals surface area contributed by atoms with Crippen LogP contribution in [0.4, 0.5) is 0 Å². The Morgan fingerprint density at radius 3 is 2.27 bits per heavy atom. The summed E-state index contributed by atoms with van der Waals surface area (Å²) in [4.78, 5) is 0. The highest BCUT2D eigenvalue weighted by Crippen LogP contribution is 2.23. The minimum atomic E-state index is 0.176. The molecular formula is C10H13Cl. The fourth-order valence-corrected chi connectivity index (χ4v) is 1.16. The van der Waals surface area contributed by atoms with E-state index in [-0.39, 0.29) is 5.38 Å². The average Bonchev–Trinajstić information content (AvgIpc) is 2.05. The molecular weight excluding hydrogens is 156 g/mol. The number of rotatable bonds is 2. The van der Waals surface area contributed by atoms with Crippen molar-refractivity contribution in [2.75, 3.05) is 0 Å². The van der Waals surface area contributed by atoms with E-state index in [1.807, 2.05) is 0 Å². The lowest BCUT2D eigenvalue weighted by atomic mass is 10.1. The second kappa shape index (κ2) is 3.77. The van der Waals surface area contributed by atoms with Crippen LogP contribution in [0.15, 0.2) is 24.3 Å². The quantitative estimate of drug-likeness (QED) is 0.591. The number of hydrogen-bond donors (Lipinski definition) is 0. The Balaban J connectivity index is 2.81. The molecule has 0 aliphatic carbocycles. The van der Waals surface area contributed by atoms with Crippen molar-refractivity contribution < 1.29 is 0 Å². The molecule has 0 radical (unpaired) electrons. The number of halogens is 1. The van der Waals surface area contributed by atoms with E-state index in [1.54, 1.807) is 0 Å². The molecule has 0 fully saturated rings. The van der Waals surface area contributed by atoms with E-state index in [0.717, 1.165) is 6.42 Å². The SMILES string of the molecule is CC[C@@H](Cl)c1ccc(C)cc1. The number of aryl methyl sites for hydroxylation is 1. The van der Waals surface area contributed by atoms with Gasteiger partial charge in [-0.05, 0) is 18.9 Å². The lowest BCUT2D eigenvalue weighted by Gasteiger charge is -2.05. The van der Waals surface area contributed by atoms with Crippen molar-refractivity contribution in [1.82, 2.24) is 0 Å². The van der Waals surface area contributed by atoms with Gasteiger partial charge < -0.3 is 0 Å². The van der Waals surface area contributed by atoms with Gasteiger partial charge in [-0.2, -0.15) is 0 Å². The smallest absolute Gasteiger partial charge is 0.0582 e. The molecule has 1 aromatic carbocycles. The molecule has 0 heterocycles. The highest BCUT2D eigenvalue weighted by Gasteiger charge is 2.02. The molecule has 1 aromatic rings. The second-order valence-electron chi connectivity index (χ2n) is 2.79. The normalized spacial score (nSPS) is 13.0. The summed E-state index contributed by atoms with van der Waals surface area (Å²) in [5.41, 5.74) is 2.51. The van der Waals surface area contributed by atoms with E-state index in [0.29, 0.717) is 0 Å². The molecule has 0 aliphatic heterocycles. The van der Waals surface area contributed by atoms with Crippen LogP contribution in [0, 0.1) is 6.92 Å². The van der Waals surface area contributed by atoms with Crippen LogP contribution in [0.25, 0.3) is 0 Å². The van der Waals surface area contributed by atoms with Gasteiger partial charge in [-0.15, -0.1) is 11.6 Å². The Bertz CT molecular complexity index is 213. The van der Waals surface area contributed by atoms with E-state index in [1.165, 1.54) is 11.1 Å². The summed E-state index contributed by atoms with van der Waals surface area (Å²) >= 11 is 6.04. The van der Waals surface area contributed by atoms with Crippen LogP contribution >= 0.6 is 11.6 Å². The van der Waals surface area contributed by atoms with Crippen molar-refractivity contribution in [1.29, 1.82) is 0 Å². The number of benzene rings is 1. The van der Waals surface area contributed by atoms with Gasteiger partial charge in [-0.1, -0.05) is 36.8 Å². The third kappa shape index (κ3) is 2.23. The maximum Gasteiger partial charge on any atom is 0.0582 e. The van der Waals surface area contributed by atoms with Crippen molar-refractivity contribution in [3.63, 3.8) is 0 Å². The maximum atomic E-state index is 6.04. The van der Waals surface area contributed by atoms with E-state index < -0.39 is 0 Å². The van der Waals surface area contributed by atoms with Crippen LogP contribution < -0.4 is 0 Å². The Labute approximate surface area is 73.2 Å². The highest BCUT2D eigenvalue weighted by atomic mass is 35.5. The zero-order valence-corrected chi connectivity index (χ0v) is 7.73. The summed E-state index contributed by atoms with van der Waals surface area (Å²) in [6.45, 7) is 4.18. The molecule has 0 unspecified atom stereocenters. The summed E-state index contributed by atoms with van der Waals surface area (Å²) in [6, 6.07) is 8.38. The van der Waals surface area contributed by atoms with Gasteiger partial charge in [0.05, 0.1) is 5.38 Å². The molecule has 11 heavy (non-hydrogen) atoms. The monoisotopic (exact) mass is 168 g/mol. The molecule has 0 saturated carbocycles. The molecule has 1 heteroatoms. The molecule has 0 aromatic heterocycles. The minimum absolute atomic E-state index is 0.176. The topological polar surface area (TPSA) is 0 Å². The highest BCUT2D eigenvalue weighted by molar-refractivity contribution is 6.20. The molecule has 0 aliphatic rings. The molecule has 1 atom stereocenters. The second-order valence-corrected chi connectivity index (χ2v) is 3.31. The first-order valence-corrected chi connectivity index (χ1v) is 4.38. The summed E-state index contributed by atoms with van der Waals surface area (Å²) < 4.78 is 0. The third-order valence-electron chi connectivity index (χ3n) is 1.80. The van der Waals surface area contributed by atoms with Crippen molar-refractivity contribution >= 4 is 11.6 Å². The van der Waals surface area contributed by atoms with E-state index in [4.69, 9.17) is 11.6 Å². The maximum absolute atomic E-state index is 6.04.